The Bertz CT molecular complexity index is 916. The minimum absolute atomic E-state index is 0.0127. The molecule has 0 unspecified atom stereocenters. The first kappa shape index (κ1) is 18.8. The lowest BCUT2D eigenvalue weighted by Gasteiger charge is -2.16. The van der Waals surface area contributed by atoms with Gasteiger partial charge in [-0.2, -0.15) is 5.10 Å². The molecular weight excluding hydrogens is 369 g/mol. The molecule has 142 valence electrons. The van der Waals surface area contributed by atoms with Crippen LogP contribution in [-0.4, -0.2) is 18.2 Å². The second-order valence-corrected chi connectivity index (χ2v) is 5.95. The molecule has 27 heavy (non-hydrogen) atoms. The molecule has 9 heteroatoms. The lowest BCUT2D eigenvalue weighted by Crippen LogP contribution is -2.23. The molecule has 0 saturated carbocycles. The largest absolute Gasteiger partial charge is 0.312 e. The number of anilines is 2. The minimum atomic E-state index is -2.24. The lowest BCUT2D eigenvalue weighted by molar-refractivity contribution is -0.117. The molecule has 0 spiro atoms. The average Bonchev–Trinajstić information content (AvgIpc) is 3.10. The molecule has 0 atom stereocenters. The van der Waals surface area contributed by atoms with Gasteiger partial charge in [-0.25, -0.2) is 22.0 Å². The summed E-state index contributed by atoms with van der Waals surface area (Å²) in [6, 6.07) is 6.70. The van der Waals surface area contributed by atoms with Crippen LogP contribution in [0.15, 0.2) is 29.4 Å². The number of amides is 1. The van der Waals surface area contributed by atoms with Crippen molar-refractivity contribution in [3.63, 3.8) is 0 Å². The number of carbonyl (C=O) groups is 1. The van der Waals surface area contributed by atoms with Crippen molar-refractivity contribution in [3.8, 4) is 0 Å². The SMILES string of the molecule is C/C(=N/Nc1c(F)c(F)c(F)c(F)c1F)c1cccc(N2CCCC2=O)c1. The molecule has 1 amide bonds. The quantitative estimate of drug-likeness (QED) is 0.281. The molecule has 2 aromatic rings. The van der Waals surface area contributed by atoms with Crippen molar-refractivity contribution in [2.75, 3.05) is 16.9 Å². The molecule has 1 heterocycles. The maximum atomic E-state index is 13.7. The van der Waals surface area contributed by atoms with E-state index in [1.165, 1.54) is 6.92 Å². The highest BCUT2D eigenvalue weighted by Crippen LogP contribution is 2.27. The predicted molar refractivity (Wildman–Crippen MR) is 90.1 cm³/mol. The normalized spacial score (nSPS) is 14.8. The van der Waals surface area contributed by atoms with Crippen molar-refractivity contribution >= 4 is 23.0 Å². The van der Waals surface area contributed by atoms with E-state index in [4.69, 9.17) is 0 Å². The van der Waals surface area contributed by atoms with Crippen LogP contribution in [-0.2, 0) is 4.79 Å². The first-order valence-electron chi connectivity index (χ1n) is 8.03. The number of hydrogen-bond acceptors (Lipinski definition) is 3. The van der Waals surface area contributed by atoms with Gasteiger partial charge in [0.05, 0.1) is 5.71 Å². The van der Waals surface area contributed by atoms with Crippen LogP contribution >= 0.6 is 0 Å². The van der Waals surface area contributed by atoms with E-state index in [0.29, 0.717) is 24.2 Å². The number of nitrogens with zero attached hydrogens (tertiary/aromatic N) is 2. The van der Waals surface area contributed by atoms with Gasteiger partial charge in [-0.1, -0.05) is 12.1 Å². The van der Waals surface area contributed by atoms with Crippen LogP contribution in [0, 0.1) is 29.1 Å². The predicted octanol–water partition coefficient (Wildman–Crippen LogP) is 4.35. The van der Waals surface area contributed by atoms with E-state index >= 15 is 0 Å². The van der Waals surface area contributed by atoms with Gasteiger partial charge in [-0.05, 0) is 31.0 Å². The Hall–Kier alpha value is -2.97. The number of carbonyl (C=O) groups excluding carboxylic acids is 1. The van der Waals surface area contributed by atoms with E-state index in [2.05, 4.69) is 5.10 Å². The van der Waals surface area contributed by atoms with E-state index in [1.807, 2.05) is 5.43 Å². The van der Waals surface area contributed by atoms with Gasteiger partial charge in [0.15, 0.2) is 23.3 Å². The lowest BCUT2D eigenvalue weighted by atomic mass is 10.1. The van der Waals surface area contributed by atoms with E-state index in [1.54, 1.807) is 29.2 Å². The van der Waals surface area contributed by atoms with Crippen molar-refractivity contribution < 1.29 is 26.7 Å². The van der Waals surface area contributed by atoms with Crippen LogP contribution in [0.25, 0.3) is 0 Å². The van der Waals surface area contributed by atoms with E-state index in [-0.39, 0.29) is 11.6 Å². The second kappa shape index (κ2) is 7.34. The van der Waals surface area contributed by atoms with Crippen molar-refractivity contribution in [2.24, 2.45) is 5.10 Å². The van der Waals surface area contributed by atoms with Gasteiger partial charge < -0.3 is 4.90 Å². The van der Waals surface area contributed by atoms with Crippen molar-refractivity contribution in [2.45, 2.75) is 19.8 Å². The molecule has 1 N–H and O–H groups in total. The number of benzene rings is 2. The third-order valence-electron chi connectivity index (χ3n) is 4.19. The summed E-state index contributed by atoms with van der Waals surface area (Å²) in [6.45, 7) is 2.07. The second-order valence-electron chi connectivity index (χ2n) is 5.95. The zero-order valence-electron chi connectivity index (χ0n) is 14.1. The highest BCUT2D eigenvalue weighted by molar-refractivity contribution is 6.01. The Morgan fingerprint density at radius 1 is 1.04 bits per heavy atom. The summed E-state index contributed by atoms with van der Waals surface area (Å²) in [5.41, 5.74) is 2.04. The molecule has 3 rings (SSSR count). The average molecular weight is 383 g/mol. The maximum absolute atomic E-state index is 13.7. The summed E-state index contributed by atoms with van der Waals surface area (Å²) in [6.07, 6.45) is 1.21. The van der Waals surface area contributed by atoms with Crippen LogP contribution in [0.5, 0.6) is 0 Å². The smallest absolute Gasteiger partial charge is 0.227 e. The first-order chi connectivity index (χ1) is 12.8. The fourth-order valence-corrected chi connectivity index (χ4v) is 2.73. The van der Waals surface area contributed by atoms with Gasteiger partial charge in [0.1, 0.15) is 5.69 Å². The summed E-state index contributed by atoms with van der Waals surface area (Å²) >= 11 is 0. The molecule has 0 radical (unpaired) electrons. The molecule has 0 aliphatic carbocycles. The third kappa shape index (κ3) is 3.49. The monoisotopic (exact) mass is 383 g/mol. The van der Waals surface area contributed by atoms with Crippen molar-refractivity contribution in [1.29, 1.82) is 0 Å². The summed E-state index contributed by atoms with van der Waals surface area (Å²) in [5.74, 6) is -10.4. The molecule has 1 aliphatic heterocycles. The first-order valence-corrected chi connectivity index (χ1v) is 8.03. The van der Waals surface area contributed by atoms with Gasteiger partial charge in [0.25, 0.3) is 0 Å². The van der Waals surface area contributed by atoms with Gasteiger partial charge in [0, 0.05) is 18.7 Å². The van der Waals surface area contributed by atoms with Crippen molar-refractivity contribution in [3.05, 3.63) is 58.9 Å². The molecule has 1 fully saturated rings. The Kier molecular flexibility index (Phi) is 5.11. The minimum Gasteiger partial charge on any atom is -0.312 e. The summed E-state index contributed by atoms with van der Waals surface area (Å²) in [5, 5.41) is 3.71. The zero-order valence-corrected chi connectivity index (χ0v) is 14.1. The van der Waals surface area contributed by atoms with E-state index in [0.717, 1.165) is 6.42 Å². The molecule has 1 aliphatic rings. The number of hydrazone groups is 1. The molecular formula is C18H14F5N3O. The molecule has 4 nitrogen and oxygen atoms in total. The maximum Gasteiger partial charge on any atom is 0.227 e. The molecule has 2 aromatic carbocycles. The summed E-state index contributed by atoms with van der Waals surface area (Å²) in [7, 11) is 0. The summed E-state index contributed by atoms with van der Waals surface area (Å²) < 4.78 is 66.9. The number of hydrogen-bond donors (Lipinski definition) is 1. The Morgan fingerprint density at radius 2 is 1.67 bits per heavy atom. The van der Waals surface area contributed by atoms with Crippen LogP contribution in [0.4, 0.5) is 33.3 Å². The van der Waals surface area contributed by atoms with Gasteiger partial charge in [-0.15, -0.1) is 0 Å². The van der Waals surface area contributed by atoms with E-state index < -0.39 is 34.8 Å². The van der Waals surface area contributed by atoms with Crippen LogP contribution in [0.1, 0.15) is 25.3 Å². The fourth-order valence-electron chi connectivity index (χ4n) is 2.73. The van der Waals surface area contributed by atoms with Gasteiger partial charge >= 0.3 is 0 Å². The highest BCUT2D eigenvalue weighted by Gasteiger charge is 2.26. The molecule has 0 aromatic heterocycles. The highest BCUT2D eigenvalue weighted by atomic mass is 19.2. The third-order valence-corrected chi connectivity index (χ3v) is 4.19. The summed E-state index contributed by atoms with van der Waals surface area (Å²) in [4.78, 5) is 13.4. The fraction of sp³-hybridized carbons (Fsp3) is 0.222. The topological polar surface area (TPSA) is 44.7 Å². The van der Waals surface area contributed by atoms with Crippen LogP contribution in [0.3, 0.4) is 0 Å². The number of nitrogens with one attached hydrogen (secondary N) is 1. The van der Waals surface area contributed by atoms with Crippen molar-refractivity contribution in [1.82, 2.24) is 0 Å². The molecule has 0 bridgehead atoms. The number of halogens is 5. The standard InChI is InChI=1S/C18H14F5N3O/c1-9(10-4-2-5-11(8-10)26-7-3-6-12(26)27)24-25-18-16(22)14(20)13(19)15(21)17(18)23/h2,4-5,8,25H,3,6-7H2,1H3/b24-9-. The van der Waals surface area contributed by atoms with Gasteiger partial charge in [0.2, 0.25) is 11.7 Å². The van der Waals surface area contributed by atoms with Crippen LogP contribution in [0.2, 0.25) is 0 Å². The number of rotatable bonds is 4. The Balaban J connectivity index is 1.88. The molecule has 1 saturated heterocycles. The van der Waals surface area contributed by atoms with E-state index in [9.17, 15) is 26.7 Å². The Labute approximate surface area is 151 Å². The Morgan fingerprint density at radius 3 is 2.26 bits per heavy atom. The zero-order chi connectivity index (χ0) is 19.7. The van der Waals surface area contributed by atoms with Gasteiger partial charge in [-0.3, -0.25) is 10.2 Å². The van der Waals surface area contributed by atoms with Crippen LogP contribution < -0.4 is 10.3 Å².